The van der Waals surface area contributed by atoms with Gasteiger partial charge in [0.05, 0.1) is 12.1 Å². The summed E-state index contributed by atoms with van der Waals surface area (Å²) >= 11 is 6.02. The van der Waals surface area contributed by atoms with Crippen LogP contribution in [0.3, 0.4) is 0 Å². The molecule has 1 amide bonds. The zero-order valence-electron chi connectivity index (χ0n) is 13.0. The van der Waals surface area contributed by atoms with E-state index in [9.17, 15) is 4.79 Å². The number of halogens is 1. The summed E-state index contributed by atoms with van der Waals surface area (Å²) in [4.78, 5) is 18.6. The Morgan fingerprint density at radius 3 is 2.87 bits per heavy atom. The van der Waals surface area contributed by atoms with Crippen molar-refractivity contribution >= 4 is 17.5 Å². The minimum Gasteiger partial charge on any atom is -0.495 e. The molecule has 120 valence electrons. The van der Waals surface area contributed by atoms with Crippen LogP contribution in [0.2, 0.25) is 5.02 Å². The summed E-state index contributed by atoms with van der Waals surface area (Å²) in [6, 6.07) is 9.24. The number of carbonyl (C=O) groups excluding carboxylic acids is 1. The molecule has 1 saturated heterocycles. The van der Waals surface area contributed by atoms with Crippen molar-refractivity contribution in [3.63, 3.8) is 0 Å². The highest BCUT2D eigenvalue weighted by molar-refractivity contribution is 6.32. The van der Waals surface area contributed by atoms with Crippen LogP contribution in [0.5, 0.6) is 5.75 Å². The molecule has 0 N–H and O–H groups in total. The Hall–Kier alpha value is -2.07. The molecule has 1 aromatic heterocycles. The molecule has 5 heteroatoms. The van der Waals surface area contributed by atoms with Gasteiger partial charge in [0.1, 0.15) is 5.75 Å². The Balaban J connectivity index is 1.65. The quantitative estimate of drug-likeness (QED) is 0.862. The largest absolute Gasteiger partial charge is 0.495 e. The second kappa shape index (κ2) is 7.01. The van der Waals surface area contributed by atoms with Crippen molar-refractivity contribution in [2.45, 2.75) is 12.8 Å². The topological polar surface area (TPSA) is 42.4 Å². The van der Waals surface area contributed by atoms with E-state index in [1.807, 2.05) is 29.4 Å². The van der Waals surface area contributed by atoms with Crippen molar-refractivity contribution in [3.8, 4) is 5.75 Å². The van der Waals surface area contributed by atoms with Crippen LogP contribution in [0.1, 0.15) is 22.3 Å². The van der Waals surface area contributed by atoms with Gasteiger partial charge in [-0.3, -0.25) is 9.78 Å². The van der Waals surface area contributed by atoms with Crippen molar-refractivity contribution < 1.29 is 9.53 Å². The Kier molecular flexibility index (Phi) is 4.82. The van der Waals surface area contributed by atoms with Gasteiger partial charge in [-0.1, -0.05) is 11.6 Å². The van der Waals surface area contributed by atoms with Crippen LogP contribution in [-0.2, 0) is 6.42 Å². The Morgan fingerprint density at radius 1 is 1.35 bits per heavy atom. The van der Waals surface area contributed by atoms with Crippen molar-refractivity contribution in [3.05, 3.63) is 58.9 Å². The molecule has 23 heavy (non-hydrogen) atoms. The van der Waals surface area contributed by atoms with E-state index in [1.54, 1.807) is 25.3 Å². The van der Waals surface area contributed by atoms with Crippen molar-refractivity contribution in [1.82, 2.24) is 9.88 Å². The molecule has 4 nitrogen and oxygen atoms in total. The van der Waals surface area contributed by atoms with E-state index in [2.05, 4.69) is 4.98 Å². The second-order valence-corrected chi connectivity index (χ2v) is 6.22. The molecule has 0 spiro atoms. The SMILES string of the molecule is COc1cc(C(=O)N2CCC(Cc3ccncc3)C2)ccc1Cl. The average molecular weight is 331 g/mol. The summed E-state index contributed by atoms with van der Waals surface area (Å²) in [5, 5.41) is 0.515. The fourth-order valence-electron chi connectivity index (χ4n) is 3.01. The maximum absolute atomic E-state index is 12.6. The van der Waals surface area contributed by atoms with E-state index in [0.29, 0.717) is 22.3 Å². The average Bonchev–Trinajstić information content (AvgIpc) is 3.04. The predicted octanol–water partition coefficient (Wildman–Crippen LogP) is 3.45. The van der Waals surface area contributed by atoms with Crippen LogP contribution < -0.4 is 4.74 Å². The van der Waals surface area contributed by atoms with Gasteiger partial charge in [0, 0.05) is 31.0 Å². The summed E-state index contributed by atoms with van der Waals surface area (Å²) in [6.07, 6.45) is 5.63. The molecule has 1 aliphatic rings. The standard InChI is InChI=1S/C18H19ClN2O2/c1-23-17-11-15(2-3-16(17)19)18(22)21-9-6-14(12-21)10-13-4-7-20-8-5-13/h2-5,7-8,11,14H,6,9-10,12H2,1H3. The Bertz CT molecular complexity index is 691. The first-order valence-electron chi connectivity index (χ1n) is 7.69. The maximum Gasteiger partial charge on any atom is 0.253 e. The van der Waals surface area contributed by atoms with E-state index >= 15 is 0 Å². The zero-order chi connectivity index (χ0) is 16.2. The van der Waals surface area contributed by atoms with Gasteiger partial charge in [-0.2, -0.15) is 0 Å². The van der Waals surface area contributed by atoms with Crippen LogP contribution in [-0.4, -0.2) is 36.0 Å². The first-order valence-corrected chi connectivity index (χ1v) is 8.07. The van der Waals surface area contributed by atoms with Crippen molar-refractivity contribution in [1.29, 1.82) is 0 Å². The smallest absolute Gasteiger partial charge is 0.253 e. The van der Waals surface area contributed by atoms with E-state index in [1.165, 1.54) is 5.56 Å². The summed E-state index contributed by atoms with van der Waals surface area (Å²) in [5.41, 5.74) is 1.89. The third kappa shape index (κ3) is 3.64. The van der Waals surface area contributed by atoms with Crippen molar-refractivity contribution in [2.24, 2.45) is 5.92 Å². The lowest BCUT2D eigenvalue weighted by molar-refractivity contribution is 0.0786. The highest BCUT2D eigenvalue weighted by Gasteiger charge is 2.27. The molecular formula is C18H19ClN2O2. The number of rotatable bonds is 4. The van der Waals surface area contributed by atoms with Gasteiger partial charge >= 0.3 is 0 Å². The number of hydrogen-bond donors (Lipinski definition) is 0. The molecular weight excluding hydrogens is 312 g/mol. The molecule has 1 fully saturated rings. The fourth-order valence-corrected chi connectivity index (χ4v) is 3.21. The van der Waals surface area contributed by atoms with Gasteiger partial charge in [-0.25, -0.2) is 0 Å². The van der Waals surface area contributed by atoms with E-state index in [0.717, 1.165) is 25.9 Å². The lowest BCUT2D eigenvalue weighted by Crippen LogP contribution is -2.29. The lowest BCUT2D eigenvalue weighted by atomic mass is 10.00. The monoisotopic (exact) mass is 330 g/mol. The van der Waals surface area contributed by atoms with Crippen molar-refractivity contribution in [2.75, 3.05) is 20.2 Å². The summed E-state index contributed by atoms with van der Waals surface area (Å²) in [7, 11) is 1.55. The first-order chi connectivity index (χ1) is 11.2. The Labute approximate surface area is 141 Å². The summed E-state index contributed by atoms with van der Waals surface area (Å²) in [6.45, 7) is 1.58. The number of hydrogen-bond acceptors (Lipinski definition) is 3. The minimum atomic E-state index is 0.0391. The van der Waals surface area contributed by atoms with Gasteiger partial charge < -0.3 is 9.64 Å². The fraction of sp³-hybridized carbons (Fsp3) is 0.333. The predicted molar refractivity (Wildman–Crippen MR) is 90.0 cm³/mol. The molecule has 0 aliphatic carbocycles. The maximum atomic E-state index is 12.6. The number of pyridine rings is 1. The highest BCUT2D eigenvalue weighted by atomic mass is 35.5. The molecule has 1 atom stereocenters. The number of nitrogens with zero attached hydrogens (tertiary/aromatic N) is 2. The van der Waals surface area contributed by atoms with Gasteiger partial charge in [-0.05, 0) is 54.7 Å². The second-order valence-electron chi connectivity index (χ2n) is 5.81. The summed E-state index contributed by atoms with van der Waals surface area (Å²) in [5.74, 6) is 1.07. The zero-order valence-corrected chi connectivity index (χ0v) is 13.8. The number of benzene rings is 1. The third-order valence-electron chi connectivity index (χ3n) is 4.24. The van der Waals surface area contributed by atoms with Crippen LogP contribution in [0.4, 0.5) is 0 Å². The minimum absolute atomic E-state index is 0.0391. The molecule has 1 aromatic carbocycles. The van der Waals surface area contributed by atoms with E-state index in [-0.39, 0.29) is 5.91 Å². The number of amides is 1. The van der Waals surface area contributed by atoms with E-state index in [4.69, 9.17) is 16.3 Å². The number of aromatic nitrogens is 1. The molecule has 0 saturated carbocycles. The lowest BCUT2D eigenvalue weighted by Gasteiger charge is -2.17. The molecule has 2 aromatic rings. The number of ether oxygens (including phenoxy) is 1. The molecule has 0 radical (unpaired) electrons. The molecule has 1 aliphatic heterocycles. The van der Waals surface area contributed by atoms with Gasteiger partial charge in [-0.15, -0.1) is 0 Å². The molecule has 3 rings (SSSR count). The molecule has 0 bridgehead atoms. The number of methoxy groups -OCH3 is 1. The normalized spacial score (nSPS) is 17.3. The Morgan fingerprint density at radius 2 is 2.13 bits per heavy atom. The molecule has 1 unspecified atom stereocenters. The van der Waals surface area contributed by atoms with Gasteiger partial charge in [0.15, 0.2) is 0 Å². The van der Waals surface area contributed by atoms with Gasteiger partial charge in [0.25, 0.3) is 5.91 Å². The van der Waals surface area contributed by atoms with Crippen LogP contribution >= 0.6 is 11.6 Å². The summed E-state index contributed by atoms with van der Waals surface area (Å²) < 4.78 is 5.19. The van der Waals surface area contributed by atoms with Crippen LogP contribution in [0.25, 0.3) is 0 Å². The number of likely N-dealkylation sites (tertiary alicyclic amines) is 1. The van der Waals surface area contributed by atoms with Crippen LogP contribution in [0, 0.1) is 5.92 Å². The third-order valence-corrected chi connectivity index (χ3v) is 4.56. The number of carbonyl (C=O) groups is 1. The highest BCUT2D eigenvalue weighted by Crippen LogP contribution is 2.27. The van der Waals surface area contributed by atoms with E-state index < -0.39 is 0 Å². The van der Waals surface area contributed by atoms with Crippen LogP contribution in [0.15, 0.2) is 42.7 Å². The first kappa shape index (κ1) is 15.8. The van der Waals surface area contributed by atoms with Gasteiger partial charge in [0.2, 0.25) is 0 Å². The molecule has 2 heterocycles.